The van der Waals surface area contributed by atoms with Crippen molar-refractivity contribution < 1.29 is 9.47 Å². The normalized spacial score (nSPS) is 11.3. The van der Waals surface area contributed by atoms with Gasteiger partial charge in [0.1, 0.15) is 5.82 Å². The van der Waals surface area contributed by atoms with Gasteiger partial charge in [0, 0.05) is 26.3 Å². The molecule has 1 aromatic rings. The van der Waals surface area contributed by atoms with E-state index in [0.717, 1.165) is 25.4 Å². The summed E-state index contributed by atoms with van der Waals surface area (Å²) < 4.78 is 10.2. The lowest BCUT2D eigenvalue weighted by molar-refractivity contribution is 0.157. The summed E-state index contributed by atoms with van der Waals surface area (Å²) in [7, 11) is 3.35. The van der Waals surface area contributed by atoms with Gasteiger partial charge in [0.2, 0.25) is 5.88 Å². The maximum Gasteiger partial charge on any atom is 0.214 e. The maximum absolute atomic E-state index is 5.10. The van der Waals surface area contributed by atoms with Gasteiger partial charge in [-0.3, -0.25) is 0 Å². The van der Waals surface area contributed by atoms with E-state index in [9.17, 15) is 0 Å². The number of nitrogens with one attached hydrogen (secondary N) is 1. The van der Waals surface area contributed by atoms with Crippen LogP contribution in [0.5, 0.6) is 5.88 Å². The summed E-state index contributed by atoms with van der Waals surface area (Å²) in [5.74, 6) is 1.47. The Bertz CT molecular complexity index is 340. The van der Waals surface area contributed by atoms with Crippen LogP contribution in [-0.4, -0.2) is 32.4 Å². The van der Waals surface area contributed by atoms with Crippen LogP contribution in [0.25, 0.3) is 0 Å². The monoisotopic (exact) mass is 238 g/mol. The van der Waals surface area contributed by atoms with E-state index < -0.39 is 0 Å². The highest BCUT2D eigenvalue weighted by Gasteiger charge is 2.17. The topological polar surface area (TPSA) is 43.4 Å². The fraction of sp³-hybridized carbons (Fsp3) is 0.615. The summed E-state index contributed by atoms with van der Waals surface area (Å²) in [6.45, 7) is 6.05. The van der Waals surface area contributed by atoms with Crippen LogP contribution >= 0.6 is 0 Å². The lowest BCUT2D eigenvalue weighted by Gasteiger charge is -2.24. The van der Waals surface area contributed by atoms with E-state index >= 15 is 0 Å². The van der Waals surface area contributed by atoms with Crippen molar-refractivity contribution in [3.63, 3.8) is 0 Å². The third-order valence-electron chi connectivity index (χ3n) is 2.66. The summed E-state index contributed by atoms with van der Waals surface area (Å²) in [4.78, 5) is 4.31. The summed E-state index contributed by atoms with van der Waals surface area (Å²) in [6.07, 6.45) is 1.01. The van der Waals surface area contributed by atoms with Crippen molar-refractivity contribution in [1.82, 2.24) is 4.98 Å². The van der Waals surface area contributed by atoms with Crippen LogP contribution in [-0.2, 0) is 4.74 Å². The van der Waals surface area contributed by atoms with E-state index in [-0.39, 0.29) is 5.41 Å². The molecule has 0 aliphatic heterocycles. The molecule has 1 N–H and O–H groups in total. The Morgan fingerprint density at radius 1 is 1.29 bits per heavy atom. The van der Waals surface area contributed by atoms with Gasteiger partial charge in [-0.05, 0) is 17.9 Å². The van der Waals surface area contributed by atoms with Crippen molar-refractivity contribution in [3.05, 3.63) is 18.2 Å². The SMILES string of the molecule is COCCC(C)(C)CNc1cccc(OC)n1. The molecule has 0 spiro atoms. The van der Waals surface area contributed by atoms with Gasteiger partial charge in [-0.25, -0.2) is 0 Å². The molecule has 0 atom stereocenters. The first-order chi connectivity index (χ1) is 8.07. The second kappa shape index (κ2) is 6.45. The molecule has 1 aromatic heterocycles. The molecule has 0 bridgehead atoms. The van der Waals surface area contributed by atoms with Gasteiger partial charge in [0.25, 0.3) is 0 Å². The molecule has 0 amide bonds. The van der Waals surface area contributed by atoms with Crippen LogP contribution in [0.1, 0.15) is 20.3 Å². The molecule has 0 unspecified atom stereocenters. The lowest BCUT2D eigenvalue weighted by atomic mass is 9.90. The van der Waals surface area contributed by atoms with Crippen molar-refractivity contribution >= 4 is 5.82 Å². The first-order valence-electron chi connectivity index (χ1n) is 5.81. The summed E-state index contributed by atoms with van der Waals surface area (Å²) in [5, 5.41) is 3.32. The van der Waals surface area contributed by atoms with E-state index in [1.165, 1.54) is 0 Å². The molecule has 0 radical (unpaired) electrons. The molecule has 0 aromatic carbocycles. The van der Waals surface area contributed by atoms with Crippen LogP contribution in [0.15, 0.2) is 18.2 Å². The Kier molecular flexibility index (Phi) is 5.22. The molecule has 0 aliphatic rings. The Labute approximate surface area is 103 Å². The van der Waals surface area contributed by atoms with Crippen LogP contribution in [0.3, 0.4) is 0 Å². The summed E-state index contributed by atoms with van der Waals surface area (Å²) in [6, 6.07) is 5.70. The average molecular weight is 238 g/mol. The second-order valence-electron chi connectivity index (χ2n) is 4.83. The first-order valence-corrected chi connectivity index (χ1v) is 5.81. The molecule has 0 aliphatic carbocycles. The molecule has 4 nitrogen and oxygen atoms in total. The van der Waals surface area contributed by atoms with Gasteiger partial charge in [-0.15, -0.1) is 0 Å². The minimum atomic E-state index is 0.181. The second-order valence-corrected chi connectivity index (χ2v) is 4.83. The lowest BCUT2D eigenvalue weighted by Crippen LogP contribution is -2.25. The van der Waals surface area contributed by atoms with Gasteiger partial charge in [-0.1, -0.05) is 19.9 Å². The number of aromatic nitrogens is 1. The zero-order chi connectivity index (χ0) is 12.7. The van der Waals surface area contributed by atoms with Crippen molar-refractivity contribution in [2.75, 3.05) is 32.7 Å². The molecule has 1 heterocycles. The molecule has 0 saturated heterocycles. The highest BCUT2D eigenvalue weighted by molar-refractivity contribution is 5.37. The van der Waals surface area contributed by atoms with Crippen molar-refractivity contribution in [2.24, 2.45) is 5.41 Å². The smallest absolute Gasteiger partial charge is 0.214 e. The molecule has 0 saturated carbocycles. The van der Waals surface area contributed by atoms with Crippen molar-refractivity contribution in [2.45, 2.75) is 20.3 Å². The fourth-order valence-corrected chi connectivity index (χ4v) is 1.42. The highest BCUT2D eigenvalue weighted by atomic mass is 16.5. The molecular weight excluding hydrogens is 216 g/mol. The number of rotatable bonds is 7. The van der Waals surface area contributed by atoms with E-state index in [2.05, 4.69) is 24.1 Å². The minimum absolute atomic E-state index is 0.181. The van der Waals surface area contributed by atoms with Gasteiger partial charge in [0.05, 0.1) is 7.11 Å². The average Bonchev–Trinajstić information content (AvgIpc) is 2.34. The zero-order valence-electron chi connectivity index (χ0n) is 11.1. The molecule has 0 fully saturated rings. The van der Waals surface area contributed by atoms with E-state index in [4.69, 9.17) is 9.47 Å². The largest absolute Gasteiger partial charge is 0.481 e. The molecule has 1 rings (SSSR count). The maximum atomic E-state index is 5.10. The summed E-state index contributed by atoms with van der Waals surface area (Å²) >= 11 is 0. The number of pyridine rings is 1. The molecule has 17 heavy (non-hydrogen) atoms. The standard InChI is InChI=1S/C13H22N2O2/c1-13(2,8-9-16-3)10-14-11-6-5-7-12(15-11)17-4/h5-7H,8-10H2,1-4H3,(H,14,15). The van der Waals surface area contributed by atoms with Crippen molar-refractivity contribution in [1.29, 1.82) is 0 Å². The van der Waals surface area contributed by atoms with E-state index in [1.54, 1.807) is 14.2 Å². The third-order valence-corrected chi connectivity index (χ3v) is 2.66. The van der Waals surface area contributed by atoms with Crippen LogP contribution in [0.2, 0.25) is 0 Å². The molecule has 96 valence electrons. The Balaban J connectivity index is 2.48. The zero-order valence-corrected chi connectivity index (χ0v) is 11.1. The van der Waals surface area contributed by atoms with Crippen LogP contribution < -0.4 is 10.1 Å². The van der Waals surface area contributed by atoms with Gasteiger partial charge in [-0.2, -0.15) is 4.98 Å². The predicted molar refractivity (Wildman–Crippen MR) is 69.6 cm³/mol. The Morgan fingerprint density at radius 3 is 2.71 bits per heavy atom. The fourth-order valence-electron chi connectivity index (χ4n) is 1.42. The quantitative estimate of drug-likeness (QED) is 0.793. The van der Waals surface area contributed by atoms with Gasteiger partial charge < -0.3 is 14.8 Å². The molecule has 4 heteroatoms. The number of methoxy groups -OCH3 is 2. The third kappa shape index (κ3) is 5.04. The Morgan fingerprint density at radius 2 is 2.06 bits per heavy atom. The van der Waals surface area contributed by atoms with E-state index in [1.807, 2.05) is 18.2 Å². The predicted octanol–water partition coefficient (Wildman–Crippen LogP) is 2.56. The molecular formula is C13H22N2O2. The van der Waals surface area contributed by atoms with E-state index in [0.29, 0.717) is 5.88 Å². The number of anilines is 1. The minimum Gasteiger partial charge on any atom is -0.481 e. The summed E-state index contributed by atoms with van der Waals surface area (Å²) in [5.41, 5.74) is 0.181. The first kappa shape index (κ1) is 13.8. The van der Waals surface area contributed by atoms with Gasteiger partial charge >= 0.3 is 0 Å². The number of ether oxygens (including phenoxy) is 2. The van der Waals surface area contributed by atoms with Crippen LogP contribution in [0, 0.1) is 5.41 Å². The number of hydrogen-bond acceptors (Lipinski definition) is 4. The number of hydrogen-bond donors (Lipinski definition) is 1. The number of nitrogens with zero attached hydrogens (tertiary/aromatic N) is 1. The highest BCUT2D eigenvalue weighted by Crippen LogP contribution is 2.21. The Hall–Kier alpha value is -1.29. The van der Waals surface area contributed by atoms with Gasteiger partial charge in [0.15, 0.2) is 0 Å². The van der Waals surface area contributed by atoms with Crippen molar-refractivity contribution in [3.8, 4) is 5.88 Å². The van der Waals surface area contributed by atoms with Crippen LogP contribution in [0.4, 0.5) is 5.82 Å².